The normalized spacial score (nSPS) is 11.2. The molecule has 0 atom stereocenters. The summed E-state index contributed by atoms with van der Waals surface area (Å²) in [5, 5.41) is 10.3. The standard InChI is InChI=1S/C15H13F3N2O4/c16-15(17,18)10-8-11(9-4-2-1-3-5-9)19-13(22)12(10)20-14(23)24-7-6-21/h1-5,8,21H,6-7H2,(H,19,22)(H,20,23). The first-order valence-corrected chi connectivity index (χ1v) is 6.77. The Bertz CT molecular complexity index is 773. The molecule has 2 aromatic rings. The summed E-state index contributed by atoms with van der Waals surface area (Å²) in [7, 11) is 0. The van der Waals surface area contributed by atoms with Gasteiger partial charge in [-0.3, -0.25) is 10.1 Å². The minimum atomic E-state index is -4.86. The molecule has 0 aliphatic heterocycles. The second kappa shape index (κ2) is 7.18. The average molecular weight is 342 g/mol. The summed E-state index contributed by atoms with van der Waals surface area (Å²) in [5.74, 6) is 0. The van der Waals surface area contributed by atoms with Crippen molar-refractivity contribution in [3.63, 3.8) is 0 Å². The van der Waals surface area contributed by atoms with Gasteiger partial charge in [-0.25, -0.2) is 4.79 Å². The fraction of sp³-hybridized carbons (Fsp3) is 0.200. The van der Waals surface area contributed by atoms with Crippen molar-refractivity contribution >= 4 is 11.8 Å². The van der Waals surface area contributed by atoms with Gasteiger partial charge < -0.3 is 14.8 Å². The van der Waals surface area contributed by atoms with Gasteiger partial charge in [-0.2, -0.15) is 13.2 Å². The molecule has 0 spiro atoms. The maximum Gasteiger partial charge on any atom is 0.418 e. The fourth-order valence-corrected chi connectivity index (χ4v) is 1.96. The van der Waals surface area contributed by atoms with E-state index in [1.165, 1.54) is 12.1 Å². The Labute approximate surface area is 133 Å². The van der Waals surface area contributed by atoms with Crippen molar-refractivity contribution in [3.05, 3.63) is 52.3 Å². The third kappa shape index (κ3) is 4.13. The molecule has 0 aliphatic carbocycles. The molecule has 24 heavy (non-hydrogen) atoms. The first-order chi connectivity index (χ1) is 11.3. The van der Waals surface area contributed by atoms with Crippen LogP contribution in [0.25, 0.3) is 11.3 Å². The Morgan fingerprint density at radius 2 is 1.92 bits per heavy atom. The van der Waals surface area contributed by atoms with Crippen molar-refractivity contribution in [1.82, 2.24) is 4.98 Å². The molecule has 3 N–H and O–H groups in total. The second-order valence-corrected chi connectivity index (χ2v) is 4.65. The second-order valence-electron chi connectivity index (χ2n) is 4.65. The number of nitrogens with one attached hydrogen (secondary N) is 2. The Balaban J connectivity index is 2.48. The minimum Gasteiger partial charge on any atom is -0.447 e. The Kier molecular flexibility index (Phi) is 5.24. The van der Waals surface area contributed by atoms with E-state index in [9.17, 15) is 22.8 Å². The number of halogens is 3. The quantitative estimate of drug-likeness (QED) is 0.796. The molecule has 9 heteroatoms. The van der Waals surface area contributed by atoms with E-state index in [1.54, 1.807) is 23.5 Å². The number of carbonyl (C=O) groups is 1. The van der Waals surface area contributed by atoms with Gasteiger partial charge in [0.2, 0.25) is 0 Å². The zero-order valence-corrected chi connectivity index (χ0v) is 12.2. The van der Waals surface area contributed by atoms with Crippen molar-refractivity contribution in [3.8, 4) is 11.3 Å². The number of hydrogen-bond acceptors (Lipinski definition) is 4. The number of amides is 1. The molecule has 0 unspecified atom stereocenters. The number of ether oxygens (including phenoxy) is 1. The molecule has 0 saturated heterocycles. The molecule has 0 fully saturated rings. The van der Waals surface area contributed by atoms with Gasteiger partial charge in [-0.15, -0.1) is 0 Å². The maximum atomic E-state index is 13.2. The number of aromatic amines is 1. The lowest BCUT2D eigenvalue weighted by Gasteiger charge is -2.14. The predicted molar refractivity (Wildman–Crippen MR) is 79.6 cm³/mol. The van der Waals surface area contributed by atoms with Crippen LogP contribution in [0, 0.1) is 0 Å². The lowest BCUT2D eigenvalue weighted by atomic mass is 10.1. The highest BCUT2D eigenvalue weighted by Crippen LogP contribution is 2.35. The fourth-order valence-electron chi connectivity index (χ4n) is 1.96. The molecule has 128 valence electrons. The zero-order chi connectivity index (χ0) is 17.7. The molecule has 6 nitrogen and oxygen atoms in total. The van der Waals surface area contributed by atoms with Crippen LogP contribution in [0.2, 0.25) is 0 Å². The molecule has 1 amide bonds. The van der Waals surface area contributed by atoms with Crippen molar-refractivity contribution in [2.24, 2.45) is 0 Å². The van der Waals surface area contributed by atoms with E-state index in [2.05, 4.69) is 9.72 Å². The van der Waals surface area contributed by atoms with E-state index in [0.29, 0.717) is 5.56 Å². The monoisotopic (exact) mass is 342 g/mol. The van der Waals surface area contributed by atoms with E-state index in [-0.39, 0.29) is 5.69 Å². The lowest BCUT2D eigenvalue weighted by molar-refractivity contribution is -0.137. The Hall–Kier alpha value is -2.81. The van der Waals surface area contributed by atoms with Gasteiger partial charge in [-0.1, -0.05) is 30.3 Å². The summed E-state index contributed by atoms with van der Waals surface area (Å²) in [6.07, 6.45) is -6.13. The number of pyridine rings is 1. The molecule has 0 radical (unpaired) electrons. The topological polar surface area (TPSA) is 91.4 Å². The number of aliphatic hydroxyl groups excluding tert-OH is 1. The highest BCUT2D eigenvalue weighted by atomic mass is 19.4. The van der Waals surface area contributed by atoms with Gasteiger partial charge >= 0.3 is 12.3 Å². The molecule has 1 aromatic heterocycles. The molecular formula is C15H13F3N2O4. The summed E-state index contributed by atoms with van der Waals surface area (Å²) >= 11 is 0. The number of carbonyl (C=O) groups excluding carboxylic acids is 1. The van der Waals surface area contributed by atoms with Crippen molar-refractivity contribution < 1.29 is 27.8 Å². The van der Waals surface area contributed by atoms with E-state index in [1.807, 2.05) is 0 Å². The highest BCUT2D eigenvalue weighted by molar-refractivity contribution is 5.86. The van der Waals surface area contributed by atoms with Crippen molar-refractivity contribution in [2.75, 3.05) is 18.5 Å². The van der Waals surface area contributed by atoms with E-state index < -0.39 is 42.3 Å². The van der Waals surface area contributed by atoms with Gasteiger partial charge in [0.1, 0.15) is 12.3 Å². The summed E-state index contributed by atoms with van der Waals surface area (Å²) in [6.45, 7) is -0.907. The summed E-state index contributed by atoms with van der Waals surface area (Å²) < 4.78 is 44.1. The smallest absolute Gasteiger partial charge is 0.418 e. The number of benzene rings is 1. The third-order valence-electron chi connectivity index (χ3n) is 2.97. The number of H-pyrrole nitrogens is 1. The van der Waals surface area contributed by atoms with Crippen LogP contribution >= 0.6 is 0 Å². The average Bonchev–Trinajstić information content (AvgIpc) is 2.54. The number of aliphatic hydroxyl groups is 1. The molecule has 1 heterocycles. The van der Waals surface area contributed by atoms with E-state index in [4.69, 9.17) is 5.11 Å². The molecule has 0 bridgehead atoms. The number of hydrogen-bond donors (Lipinski definition) is 3. The van der Waals surface area contributed by atoms with Crippen LogP contribution in [0.5, 0.6) is 0 Å². The predicted octanol–water partition coefficient (Wildman–Crippen LogP) is 2.60. The van der Waals surface area contributed by atoms with Crippen molar-refractivity contribution in [2.45, 2.75) is 6.18 Å². The third-order valence-corrected chi connectivity index (χ3v) is 2.97. The molecular weight excluding hydrogens is 329 g/mol. The molecule has 0 aliphatic rings. The number of aromatic nitrogens is 1. The summed E-state index contributed by atoms with van der Waals surface area (Å²) in [5.41, 5.74) is -3.04. The van der Waals surface area contributed by atoms with Gasteiger partial charge in [0.25, 0.3) is 5.56 Å². The van der Waals surface area contributed by atoms with Crippen LogP contribution in [0.3, 0.4) is 0 Å². The Morgan fingerprint density at radius 3 is 2.50 bits per heavy atom. The summed E-state index contributed by atoms with van der Waals surface area (Å²) in [4.78, 5) is 25.7. The van der Waals surface area contributed by atoms with Crippen LogP contribution in [0.4, 0.5) is 23.7 Å². The van der Waals surface area contributed by atoms with Crippen LogP contribution in [-0.2, 0) is 10.9 Å². The molecule has 1 aromatic carbocycles. The van der Waals surface area contributed by atoms with Crippen LogP contribution in [0.15, 0.2) is 41.2 Å². The van der Waals surface area contributed by atoms with Gasteiger partial charge in [-0.05, 0) is 11.6 Å². The highest BCUT2D eigenvalue weighted by Gasteiger charge is 2.36. The first-order valence-electron chi connectivity index (χ1n) is 6.77. The molecule has 2 rings (SSSR count). The van der Waals surface area contributed by atoms with Crippen LogP contribution in [-0.4, -0.2) is 29.4 Å². The summed E-state index contributed by atoms with van der Waals surface area (Å²) in [6, 6.07) is 8.71. The maximum absolute atomic E-state index is 13.2. The Morgan fingerprint density at radius 1 is 1.25 bits per heavy atom. The minimum absolute atomic E-state index is 0.0396. The van der Waals surface area contributed by atoms with Crippen LogP contribution in [0.1, 0.15) is 5.56 Å². The number of anilines is 1. The largest absolute Gasteiger partial charge is 0.447 e. The lowest BCUT2D eigenvalue weighted by Crippen LogP contribution is -2.26. The number of alkyl halides is 3. The van der Waals surface area contributed by atoms with Gasteiger partial charge in [0.15, 0.2) is 0 Å². The van der Waals surface area contributed by atoms with E-state index in [0.717, 1.165) is 6.07 Å². The SMILES string of the molecule is O=C(Nc1c(C(F)(F)F)cc(-c2ccccc2)[nH]c1=O)OCCO. The number of rotatable bonds is 4. The van der Waals surface area contributed by atoms with Gasteiger partial charge in [0.05, 0.1) is 12.2 Å². The van der Waals surface area contributed by atoms with Gasteiger partial charge in [0, 0.05) is 5.69 Å². The van der Waals surface area contributed by atoms with Crippen LogP contribution < -0.4 is 10.9 Å². The first kappa shape index (κ1) is 17.5. The van der Waals surface area contributed by atoms with E-state index >= 15 is 0 Å². The van der Waals surface area contributed by atoms with Crippen molar-refractivity contribution in [1.29, 1.82) is 0 Å². The molecule has 0 saturated carbocycles. The zero-order valence-electron chi connectivity index (χ0n) is 12.2.